The summed E-state index contributed by atoms with van der Waals surface area (Å²) in [6, 6.07) is 10.0. The molecule has 0 saturated carbocycles. The number of nitrogens with one attached hydrogen (secondary N) is 1. The number of amides is 3. The fraction of sp³-hybridized carbons (Fsp3) is 0.292. The lowest BCUT2D eigenvalue weighted by molar-refractivity contribution is -0.133. The molecule has 166 valence electrons. The van der Waals surface area contributed by atoms with Crippen LogP contribution in [0.2, 0.25) is 0 Å². The van der Waals surface area contributed by atoms with Crippen LogP contribution in [0.5, 0.6) is 0 Å². The van der Waals surface area contributed by atoms with E-state index in [0.717, 1.165) is 34.0 Å². The Labute approximate surface area is 184 Å². The molecule has 2 aliphatic rings. The summed E-state index contributed by atoms with van der Waals surface area (Å²) < 4.78 is 27.0. The SMILES string of the molecule is CN1/C(=C\C(=O)CN2C(=O)NC(C)(c3ccc(F)c(F)c3)C2=O)C(C)(C)c2ccccc21. The minimum absolute atomic E-state index is 0.0927. The van der Waals surface area contributed by atoms with Crippen LogP contribution in [0.3, 0.4) is 0 Å². The number of carbonyl (C=O) groups excluding carboxylic acids is 3. The van der Waals surface area contributed by atoms with E-state index in [2.05, 4.69) is 5.32 Å². The predicted molar refractivity (Wildman–Crippen MR) is 115 cm³/mol. The third-order valence-electron chi connectivity index (χ3n) is 6.32. The molecule has 0 aliphatic carbocycles. The third kappa shape index (κ3) is 3.18. The fourth-order valence-corrected chi connectivity index (χ4v) is 4.46. The monoisotopic (exact) mass is 439 g/mol. The highest BCUT2D eigenvalue weighted by atomic mass is 19.2. The Bertz CT molecular complexity index is 1190. The summed E-state index contributed by atoms with van der Waals surface area (Å²) in [5, 5.41) is 2.50. The fourth-order valence-electron chi connectivity index (χ4n) is 4.46. The normalized spacial score (nSPS) is 23.0. The molecule has 0 radical (unpaired) electrons. The molecule has 4 rings (SSSR count). The molecule has 1 fully saturated rings. The summed E-state index contributed by atoms with van der Waals surface area (Å²) in [4.78, 5) is 41.1. The molecule has 3 amide bonds. The van der Waals surface area contributed by atoms with Crippen LogP contribution in [0.4, 0.5) is 19.3 Å². The maximum absolute atomic E-state index is 13.7. The van der Waals surface area contributed by atoms with E-state index >= 15 is 0 Å². The molecule has 2 aromatic rings. The van der Waals surface area contributed by atoms with Gasteiger partial charge in [-0.1, -0.05) is 38.1 Å². The Morgan fingerprint density at radius 2 is 1.75 bits per heavy atom. The molecule has 6 nitrogen and oxygen atoms in total. The molecule has 2 aromatic carbocycles. The van der Waals surface area contributed by atoms with Gasteiger partial charge in [0.15, 0.2) is 17.4 Å². The zero-order chi connectivity index (χ0) is 23.4. The summed E-state index contributed by atoms with van der Waals surface area (Å²) >= 11 is 0. The number of halogens is 2. The van der Waals surface area contributed by atoms with Crippen molar-refractivity contribution < 1.29 is 23.2 Å². The summed E-state index contributed by atoms with van der Waals surface area (Å²) in [5.74, 6) is -3.32. The van der Waals surface area contributed by atoms with Gasteiger partial charge in [0.05, 0.1) is 6.54 Å². The topological polar surface area (TPSA) is 69.7 Å². The first-order valence-corrected chi connectivity index (χ1v) is 10.1. The molecule has 1 saturated heterocycles. The summed E-state index contributed by atoms with van der Waals surface area (Å²) in [7, 11) is 1.86. The standard InChI is InChI=1S/C24H23F2N3O3/c1-23(2)16-7-5-6-8-19(16)28(4)20(23)12-15(30)13-29-21(31)24(3,27-22(29)32)14-9-10-17(25)18(26)11-14/h5-12H,13H2,1-4H3,(H,27,32)/b20-12-. The summed E-state index contributed by atoms with van der Waals surface area (Å²) in [6.07, 6.45) is 1.45. The maximum Gasteiger partial charge on any atom is 0.325 e. The van der Waals surface area contributed by atoms with Gasteiger partial charge in [-0.3, -0.25) is 14.5 Å². The largest absolute Gasteiger partial charge is 0.347 e. The molecule has 1 unspecified atom stereocenters. The van der Waals surface area contributed by atoms with E-state index in [-0.39, 0.29) is 5.56 Å². The predicted octanol–water partition coefficient (Wildman–Crippen LogP) is 3.61. The number of likely N-dealkylation sites (N-methyl/N-ethyl adjacent to an activating group) is 1. The minimum Gasteiger partial charge on any atom is -0.347 e. The number of urea groups is 1. The number of para-hydroxylation sites is 1. The molecule has 0 bridgehead atoms. The Kier molecular flexibility index (Phi) is 4.91. The van der Waals surface area contributed by atoms with Gasteiger partial charge in [0.1, 0.15) is 5.54 Å². The Morgan fingerprint density at radius 3 is 2.41 bits per heavy atom. The van der Waals surface area contributed by atoms with Crippen LogP contribution in [-0.4, -0.2) is 36.2 Å². The molecule has 0 spiro atoms. The highest BCUT2D eigenvalue weighted by Gasteiger charge is 2.49. The third-order valence-corrected chi connectivity index (χ3v) is 6.32. The Morgan fingerprint density at radius 1 is 1.06 bits per heavy atom. The lowest BCUT2D eigenvalue weighted by Gasteiger charge is -2.24. The number of nitrogens with zero attached hydrogens (tertiary/aromatic N) is 2. The molecule has 1 N–H and O–H groups in total. The van der Waals surface area contributed by atoms with Crippen LogP contribution in [0.1, 0.15) is 31.9 Å². The summed E-state index contributed by atoms with van der Waals surface area (Å²) in [5.41, 5.74) is 0.867. The van der Waals surface area contributed by atoms with Gasteiger partial charge in [0.25, 0.3) is 5.91 Å². The number of imide groups is 1. The van der Waals surface area contributed by atoms with Crippen molar-refractivity contribution in [3.8, 4) is 0 Å². The van der Waals surface area contributed by atoms with Gasteiger partial charge >= 0.3 is 6.03 Å². The van der Waals surface area contributed by atoms with Gasteiger partial charge < -0.3 is 10.2 Å². The second kappa shape index (κ2) is 7.25. The zero-order valence-electron chi connectivity index (χ0n) is 18.2. The minimum atomic E-state index is -1.60. The van der Waals surface area contributed by atoms with Gasteiger partial charge in [-0.2, -0.15) is 0 Å². The van der Waals surface area contributed by atoms with Gasteiger partial charge in [-0.05, 0) is 36.2 Å². The van der Waals surface area contributed by atoms with E-state index < -0.39 is 46.9 Å². The van der Waals surface area contributed by atoms with Crippen molar-refractivity contribution in [2.45, 2.75) is 31.7 Å². The molecule has 2 heterocycles. The van der Waals surface area contributed by atoms with E-state index in [0.29, 0.717) is 0 Å². The first-order valence-electron chi connectivity index (χ1n) is 10.1. The Hall–Kier alpha value is -3.55. The molecule has 2 aliphatic heterocycles. The van der Waals surface area contributed by atoms with Crippen molar-refractivity contribution in [3.63, 3.8) is 0 Å². The number of ketones is 1. The van der Waals surface area contributed by atoms with Gasteiger partial charge in [0, 0.05) is 29.9 Å². The number of benzene rings is 2. The molecule has 0 aromatic heterocycles. The van der Waals surface area contributed by atoms with Gasteiger partial charge in [-0.25, -0.2) is 13.6 Å². The number of hydrogen-bond acceptors (Lipinski definition) is 4. The van der Waals surface area contributed by atoms with Gasteiger partial charge in [-0.15, -0.1) is 0 Å². The van der Waals surface area contributed by atoms with Crippen molar-refractivity contribution in [2.24, 2.45) is 0 Å². The molecule has 1 atom stereocenters. The number of hydrogen-bond donors (Lipinski definition) is 1. The number of fused-ring (bicyclic) bond motifs is 1. The second-order valence-electron chi connectivity index (χ2n) is 8.77. The molecule has 8 heteroatoms. The van der Waals surface area contributed by atoms with Crippen molar-refractivity contribution >= 4 is 23.4 Å². The van der Waals surface area contributed by atoms with Crippen molar-refractivity contribution in [3.05, 3.63) is 77.0 Å². The first-order chi connectivity index (χ1) is 15.0. The van der Waals surface area contributed by atoms with Crippen LogP contribution in [-0.2, 0) is 20.5 Å². The van der Waals surface area contributed by atoms with E-state index in [4.69, 9.17) is 0 Å². The molecular weight excluding hydrogens is 416 g/mol. The first kappa shape index (κ1) is 21.7. The van der Waals surface area contributed by atoms with E-state index in [1.807, 2.05) is 50.1 Å². The number of carbonyl (C=O) groups is 3. The quantitative estimate of drug-likeness (QED) is 0.584. The maximum atomic E-state index is 13.7. The van der Waals surface area contributed by atoms with E-state index in [1.54, 1.807) is 0 Å². The smallest absolute Gasteiger partial charge is 0.325 e. The van der Waals surface area contributed by atoms with Crippen molar-refractivity contribution in [2.75, 3.05) is 18.5 Å². The van der Waals surface area contributed by atoms with E-state index in [9.17, 15) is 23.2 Å². The second-order valence-corrected chi connectivity index (χ2v) is 8.77. The molecular formula is C24H23F2N3O3. The highest BCUT2D eigenvalue weighted by Crippen LogP contribution is 2.46. The lowest BCUT2D eigenvalue weighted by atomic mass is 9.83. The average molecular weight is 439 g/mol. The van der Waals surface area contributed by atoms with Crippen LogP contribution in [0, 0.1) is 11.6 Å². The number of allylic oxidation sites excluding steroid dienone is 1. The van der Waals surface area contributed by atoms with E-state index in [1.165, 1.54) is 19.1 Å². The average Bonchev–Trinajstić information content (AvgIpc) is 3.07. The highest BCUT2D eigenvalue weighted by molar-refractivity contribution is 6.10. The van der Waals surface area contributed by atoms with Crippen LogP contribution in [0.15, 0.2) is 54.2 Å². The van der Waals surface area contributed by atoms with Crippen LogP contribution in [0.25, 0.3) is 0 Å². The van der Waals surface area contributed by atoms with Crippen LogP contribution < -0.4 is 10.2 Å². The van der Waals surface area contributed by atoms with Crippen molar-refractivity contribution in [1.29, 1.82) is 0 Å². The number of anilines is 1. The zero-order valence-corrected chi connectivity index (χ0v) is 18.2. The van der Waals surface area contributed by atoms with Crippen molar-refractivity contribution in [1.82, 2.24) is 10.2 Å². The lowest BCUT2D eigenvalue weighted by Crippen LogP contribution is -2.41. The number of rotatable bonds is 4. The summed E-state index contributed by atoms with van der Waals surface area (Å²) in [6.45, 7) is 4.94. The van der Waals surface area contributed by atoms with Crippen LogP contribution >= 0.6 is 0 Å². The van der Waals surface area contributed by atoms with Gasteiger partial charge in [0.2, 0.25) is 0 Å². The molecule has 32 heavy (non-hydrogen) atoms. The Balaban J connectivity index is 1.58.